The quantitative estimate of drug-likeness (QED) is 0.232. The number of aliphatic hydroxyl groups is 1. The number of nitrogens with zero attached hydrogens (tertiary/aromatic N) is 2. The summed E-state index contributed by atoms with van der Waals surface area (Å²) in [6.45, 7) is 3.55. The predicted molar refractivity (Wildman–Crippen MR) is 177 cm³/mol. The van der Waals surface area contributed by atoms with Crippen LogP contribution in [0.25, 0.3) is 10.8 Å². The molecule has 5 rings (SSSR count). The monoisotopic (exact) mass is 646 g/mol. The molecular formula is C34H38N4O7S. The summed E-state index contributed by atoms with van der Waals surface area (Å²) in [6.07, 6.45) is -0.647. The number of likely N-dealkylation sites (N-methyl/N-ethyl adjacent to an activating group) is 1. The van der Waals surface area contributed by atoms with Gasteiger partial charge in [0.05, 0.1) is 42.4 Å². The van der Waals surface area contributed by atoms with Gasteiger partial charge in [-0.05, 0) is 60.8 Å². The van der Waals surface area contributed by atoms with Crippen molar-refractivity contribution in [2.24, 2.45) is 5.92 Å². The molecule has 4 aromatic carbocycles. The zero-order valence-corrected chi connectivity index (χ0v) is 27.0. The lowest BCUT2D eigenvalue weighted by atomic mass is 9.99. The lowest BCUT2D eigenvalue weighted by Crippen LogP contribution is -2.50. The second-order valence-corrected chi connectivity index (χ2v) is 13.4. The highest BCUT2D eigenvalue weighted by atomic mass is 32.2. The van der Waals surface area contributed by atoms with E-state index in [9.17, 15) is 23.1 Å². The minimum absolute atomic E-state index is 0.00204. The second-order valence-electron chi connectivity index (χ2n) is 11.4. The number of fused-ring (bicyclic) bond motifs is 2. The fraction of sp³-hybridized carbons (Fsp3) is 0.294. The Labute approximate surface area is 268 Å². The van der Waals surface area contributed by atoms with E-state index in [0.29, 0.717) is 17.1 Å². The van der Waals surface area contributed by atoms with Crippen molar-refractivity contribution in [3.05, 3.63) is 90.5 Å². The number of carbonyl (C=O) groups excluding carboxylic acids is 2. The number of urea groups is 1. The van der Waals surface area contributed by atoms with Crippen molar-refractivity contribution < 1.29 is 32.6 Å². The van der Waals surface area contributed by atoms with E-state index >= 15 is 0 Å². The average Bonchev–Trinajstić information content (AvgIpc) is 3.06. The highest BCUT2D eigenvalue weighted by molar-refractivity contribution is 7.89. The van der Waals surface area contributed by atoms with E-state index < -0.39 is 28.2 Å². The first kappa shape index (κ1) is 32.7. The Hall–Kier alpha value is -4.65. The lowest BCUT2D eigenvalue weighted by Gasteiger charge is -2.38. The maximum Gasteiger partial charge on any atom is 0.323 e. The first-order valence-corrected chi connectivity index (χ1v) is 16.3. The van der Waals surface area contributed by atoms with Gasteiger partial charge in [0, 0.05) is 30.6 Å². The largest absolute Gasteiger partial charge is 0.497 e. The molecule has 242 valence electrons. The number of aliphatic hydroxyl groups excluding tert-OH is 1. The van der Waals surface area contributed by atoms with Gasteiger partial charge in [0.1, 0.15) is 17.6 Å². The molecule has 3 atom stereocenters. The summed E-state index contributed by atoms with van der Waals surface area (Å²) in [4.78, 5) is 28.5. The summed E-state index contributed by atoms with van der Waals surface area (Å²) in [5.41, 5.74) is 1.17. The van der Waals surface area contributed by atoms with E-state index in [1.165, 1.54) is 36.7 Å². The minimum atomic E-state index is -3.87. The van der Waals surface area contributed by atoms with Gasteiger partial charge in [-0.1, -0.05) is 43.3 Å². The Morgan fingerprint density at radius 1 is 1.07 bits per heavy atom. The number of amides is 3. The minimum Gasteiger partial charge on any atom is -0.497 e. The first-order valence-electron chi connectivity index (χ1n) is 14.9. The van der Waals surface area contributed by atoms with Crippen LogP contribution >= 0.6 is 0 Å². The SMILES string of the molecule is COc1ccc(S(=O)(=O)N(C)C[C@H]2Oc3ccc(NC(=O)Nc4cccc5ccccc45)cc3C(=O)N([C@@H](C)CO)C[C@@H]2C)cc1. The molecule has 0 aliphatic carbocycles. The summed E-state index contributed by atoms with van der Waals surface area (Å²) in [5.74, 6) is 0.104. The zero-order chi connectivity index (χ0) is 33.0. The van der Waals surface area contributed by atoms with Gasteiger partial charge in [0.2, 0.25) is 10.0 Å². The van der Waals surface area contributed by atoms with Crippen molar-refractivity contribution >= 4 is 44.1 Å². The zero-order valence-electron chi connectivity index (χ0n) is 26.1. The molecule has 1 heterocycles. The van der Waals surface area contributed by atoms with Gasteiger partial charge < -0.3 is 30.1 Å². The standard InChI is InChI=1S/C34H38N4O7S/c1-22-19-38(23(2)21-39)33(40)29-18-25(35-34(41)36-30-11-7-9-24-8-5-6-10-28(24)30)12-17-31(29)45-32(22)20-37(3)46(42,43)27-15-13-26(44-4)14-16-27/h5-18,22-23,32,39H,19-21H2,1-4H3,(H2,35,36,41)/t22-,23-,32+/m0/s1. The van der Waals surface area contributed by atoms with E-state index in [1.807, 2.05) is 43.3 Å². The number of ether oxygens (including phenoxy) is 2. The van der Waals surface area contributed by atoms with Crippen LogP contribution in [0, 0.1) is 5.92 Å². The number of methoxy groups -OCH3 is 1. The van der Waals surface area contributed by atoms with E-state index in [-0.39, 0.29) is 47.7 Å². The normalized spacial score (nSPS) is 17.4. The second kappa shape index (κ2) is 13.8. The Morgan fingerprint density at radius 3 is 2.50 bits per heavy atom. The van der Waals surface area contributed by atoms with E-state index in [2.05, 4.69) is 10.6 Å². The molecule has 4 aromatic rings. The molecule has 12 heteroatoms. The number of anilines is 2. The Balaban J connectivity index is 1.40. The Bertz CT molecular complexity index is 1830. The Morgan fingerprint density at radius 2 is 1.78 bits per heavy atom. The fourth-order valence-electron chi connectivity index (χ4n) is 5.42. The highest BCUT2D eigenvalue weighted by Crippen LogP contribution is 2.32. The topological polar surface area (TPSA) is 138 Å². The molecule has 0 spiro atoms. The van der Waals surface area contributed by atoms with Crippen LogP contribution in [0.2, 0.25) is 0 Å². The van der Waals surface area contributed by atoms with Crippen LogP contribution in [-0.4, -0.2) is 80.7 Å². The summed E-state index contributed by atoms with van der Waals surface area (Å²) in [5, 5.41) is 17.5. The number of carbonyl (C=O) groups is 2. The number of hydrogen-bond donors (Lipinski definition) is 3. The van der Waals surface area contributed by atoms with Gasteiger partial charge in [-0.25, -0.2) is 13.2 Å². The van der Waals surface area contributed by atoms with Crippen LogP contribution in [0.5, 0.6) is 11.5 Å². The highest BCUT2D eigenvalue weighted by Gasteiger charge is 2.35. The smallest absolute Gasteiger partial charge is 0.323 e. The molecule has 3 amide bonds. The molecule has 0 aromatic heterocycles. The van der Waals surface area contributed by atoms with Crippen molar-refractivity contribution in [2.45, 2.75) is 30.9 Å². The number of rotatable bonds is 9. The summed E-state index contributed by atoms with van der Waals surface area (Å²) >= 11 is 0. The van der Waals surface area contributed by atoms with Crippen LogP contribution < -0.4 is 20.1 Å². The number of nitrogens with one attached hydrogen (secondary N) is 2. The van der Waals surface area contributed by atoms with Crippen molar-refractivity contribution in [1.29, 1.82) is 0 Å². The summed E-state index contributed by atoms with van der Waals surface area (Å²) in [7, 11) is -0.879. The molecule has 0 saturated carbocycles. The molecule has 0 unspecified atom stereocenters. The van der Waals surface area contributed by atoms with Crippen LogP contribution in [0.1, 0.15) is 24.2 Å². The van der Waals surface area contributed by atoms with E-state index in [4.69, 9.17) is 9.47 Å². The molecule has 1 aliphatic rings. The molecule has 0 bridgehead atoms. The maximum absolute atomic E-state index is 13.8. The van der Waals surface area contributed by atoms with Crippen LogP contribution in [0.3, 0.4) is 0 Å². The first-order chi connectivity index (χ1) is 22.0. The van der Waals surface area contributed by atoms with E-state index in [1.54, 1.807) is 42.2 Å². The number of hydrogen-bond acceptors (Lipinski definition) is 7. The fourth-order valence-corrected chi connectivity index (χ4v) is 6.60. The third-order valence-electron chi connectivity index (χ3n) is 8.17. The molecule has 1 aliphatic heterocycles. The summed E-state index contributed by atoms with van der Waals surface area (Å²) < 4.78 is 39.6. The lowest BCUT2D eigenvalue weighted by molar-refractivity contribution is 0.0387. The third kappa shape index (κ3) is 6.94. The van der Waals surface area contributed by atoms with Crippen molar-refractivity contribution in [3.8, 4) is 11.5 Å². The molecule has 11 nitrogen and oxygen atoms in total. The van der Waals surface area contributed by atoms with Gasteiger partial charge in [0.25, 0.3) is 5.91 Å². The number of benzene rings is 4. The molecule has 3 N–H and O–H groups in total. The predicted octanol–water partition coefficient (Wildman–Crippen LogP) is 5.03. The van der Waals surface area contributed by atoms with Gasteiger partial charge in [-0.2, -0.15) is 4.31 Å². The molecule has 0 fully saturated rings. The van der Waals surface area contributed by atoms with Gasteiger partial charge in [-0.3, -0.25) is 4.79 Å². The molecule has 46 heavy (non-hydrogen) atoms. The van der Waals surface area contributed by atoms with Gasteiger partial charge >= 0.3 is 6.03 Å². The van der Waals surface area contributed by atoms with Crippen molar-refractivity contribution in [1.82, 2.24) is 9.21 Å². The van der Waals surface area contributed by atoms with Gasteiger partial charge in [-0.15, -0.1) is 0 Å². The summed E-state index contributed by atoms with van der Waals surface area (Å²) in [6, 6.07) is 23.2. The molecule has 0 saturated heterocycles. The van der Waals surface area contributed by atoms with Crippen LogP contribution in [0.4, 0.5) is 16.2 Å². The molecule has 0 radical (unpaired) electrons. The average molecular weight is 647 g/mol. The number of sulfonamides is 1. The van der Waals surface area contributed by atoms with Gasteiger partial charge in [0.15, 0.2) is 0 Å². The van der Waals surface area contributed by atoms with Crippen molar-refractivity contribution in [3.63, 3.8) is 0 Å². The third-order valence-corrected chi connectivity index (χ3v) is 10.0. The maximum atomic E-state index is 13.8. The Kier molecular flexibility index (Phi) is 9.80. The van der Waals surface area contributed by atoms with Crippen molar-refractivity contribution in [2.75, 3.05) is 44.5 Å². The van der Waals surface area contributed by atoms with Crippen LogP contribution in [-0.2, 0) is 10.0 Å². The van der Waals surface area contributed by atoms with Crippen LogP contribution in [0.15, 0.2) is 89.8 Å². The van der Waals surface area contributed by atoms with E-state index in [0.717, 1.165) is 10.8 Å². The molecular weight excluding hydrogens is 608 g/mol.